The predicted octanol–water partition coefficient (Wildman–Crippen LogP) is 3.44. The third-order valence-corrected chi connectivity index (χ3v) is 4.35. The van der Waals surface area contributed by atoms with E-state index in [1.165, 1.54) is 12.1 Å². The monoisotopic (exact) mass is 482 g/mol. The fraction of sp³-hybridized carbons (Fsp3) is 0.300. The number of rotatable bonds is 5. The van der Waals surface area contributed by atoms with Gasteiger partial charge >= 0.3 is 0 Å². The van der Waals surface area contributed by atoms with Gasteiger partial charge in [0.1, 0.15) is 5.82 Å². The molecule has 0 saturated carbocycles. The molecule has 5 nitrogen and oxygen atoms in total. The molecule has 0 bridgehead atoms. The highest BCUT2D eigenvalue weighted by atomic mass is 127. The van der Waals surface area contributed by atoms with Gasteiger partial charge in [0, 0.05) is 38.8 Å². The molecule has 0 spiro atoms. The number of carbonyl (C=O) groups is 1. The van der Waals surface area contributed by atoms with Crippen molar-refractivity contribution in [3.63, 3.8) is 0 Å². The number of hydrogen-bond donors (Lipinski definition) is 2. The molecule has 1 aliphatic rings. The van der Waals surface area contributed by atoms with Gasteiger partial charge in [0.05, 0.1) is 0 Å². The lowest BCUT2D eigenvalue weighted by Crippen LogP contribution is -2.36. The Hall–Kier alpha value is -2.16. The molecular formula is C20H24FIN4O. The maximum Gasteiger partial charge on any atom is 0.227 e. The van der Waals surface area contributed by atoms with E-state index in [1.54, 1.807) is 13.1 Å². The van der Waals surface area contributed by atoms with Crippen molar-refractivity contribution in [3.8, 4) is 0 Å². The fourth-order valence-electron chi connectivity index (χ4n) is 2.95. The number of nitrogens with zero attached hydrogens (tertiary/aromatic N) is 2. The molecule has 0 unspecified atom stereocenters. The van der Waals surface area contributed by atoms with Crippen LogP contribution in [0.3, 0.4) is 0 Å². The normalized spacial score (nSPS) is 14.1. The quantitative estimate of drug-likeness (QED) is 0.390. The second-order valence-electron chi connectivity index (χ2n) is 6.22. The van der Waals surface area contributed by atoms with Crippen LogP contribution in [0.2, 0.25) is 0 Å². The first-order valence-corrected chi connectivity index (χ1v) is 8.74. The predicted molar refractivity (Wildman–Crippen MR) is 117 cm³/mol. The maximum absolute atomic E-state index is 13.2. The minimum atomic E-state index is -0.246. The number of nitrogens with one attached hydrogen (secondary N) is 2. The smallest absolute Gasteiger partial charge is 0.227 e. The molecule has 1 aliphatic heterocycles. The lowest BCUT2D eigenvalue weighted by molar-refractivity contribution is -0.117. The molecule has 1 saturated heterocycles. The van der Waals surface area contributed by atoms with E-state index < -0.39 is 0 Å². The van der Waals surface area contributed by atoms with Crippen molar-refractivity contribution < 1.29 is 9.18 Å². The second-order valence-corrected chi connectivity index (χ2v) is 6.22. The number of aliphatic imine (C=N–C) groups is 1. The van der Waals surface area contributed by atoms with Crippen LogP contribution in [0.5, 0.6) is 0 Å². The summed E-state index contributed by atoms with van der Waals surface area (Å²) in [5, 5.41) is 6.40. The zero-order valence-corrected chi connectivity index (χ0v) is 17.6. The van der Waals surface area contributed by atoms with Crippen molar-refractivity contribution in [2.45, 2.75) is 25.9 Å². The molecule has 0 aromatic heterocycles. The summed E-state index contributed by atoms with van der Waals surface area (Å²) in [6.45, 7) is 1.90. The van der Waals surface area contributed by atoms with Crippen LogP contribution in [0.15, 0.2) is 53.5 Å². The van der Waals surface area contributed by atoms with Crippen LogP contribution in [0.4, 0.5) is 10.1 Å². The first-order chi connectivity index (χ1) is 12.7. The summed E-state index contributed by atoms with van der Waals surface area (Å²) in [6.07, 6.45) is 1.56. The van der Waals surface area contributed by atoms with Gasteiger partial charge in [-0.25, -0.2) is 4.39 Å². The van der Waals surface area contributed by atoms with Gasteiger partial charge < -0.3 is 15.5 Å². The van der Waals surface area contributed by atoms with Gasteiger partial charge in [-0.1, -0.05) is 24.3 Å². The van der Waals surface area contributed by atoms with Crippen molar-refractivity contribution in [3.05, 3.63) is 65.5 Å². The van der Waals surface area contributed by atoms with Gasteiger partial charge in [-0.3, -0.25) is 9.79 Å². The second kappa shape index (κ2) is 10.2. The maximum atomic E-state index is 13.2. The Morgan fingerprint density at radius 1 is 1.11 bits per heavy atom. The number of carbonyl (C=O) groups excluding carboxylic acids is 1. The highest BCUT2D eigenvalue weighted by Crippen LogP contribution is 2.21. The lowest BCUT2D eigenvalue weighted by atomic mass is 10.2. The van der Waals surface area contributed by atoms with Crippen molar-refractivity contribution in [2.24, 2.45) is 4.99 Å². The minimum absolute atomic E-state index is 0. The number of halogens is 2. The van der Waals surface area contributed by atoms with Gasteiger partial charge in [-0.2, -0.15) is 0 Å². The molecule has 27 heavy (non-hydrogen) atoms. The summed E-state index contributed by atoms with van der Waals surface area (Å²) in [5.74, 6) is 0.592. The number of anilines is 1. The van der Waals surface area contributed by atoms with Gasteiger partial charge in [-0.05, 0) is 41.8 Å². The molecule has 144 valence electrons. The van der Waals surface area contributed by atoms with Crippen LogP contribution in [-0.4, -0.2) is 25.5 Å². The van der Waals surface area contributed by atoms with Gasteiger partial charge in [0.15, 0.2) is 5.96 Å². The summed E-state index contributed by atoms with van der Waals surface area (Å²) in [5.41, 5.74) is 2.89. The average molecular weight is 482 g/mol. The third-order valence-electron chi connectivity index (χ3n) is 4.35. The largest absolute Gasteiger partial charge is 0.352 e. The lowest BCUT2D eigenvalue weighted by Gasteiger charge is -2.16. The summed E-state index contributed by atoms with van der Waals surface area (Å²) in [4.78, 5) is 17.8. The number of guanidine groups is 1. The molecule has 0 atom stereocenters. The zero-order chi connectivity index (χ0) is 18.4. The highest BCUT2D eigenvalue weighted by molar-refractivity contribution is 14.0. The van der Waals surface area contributed by atoms with Crippen LogP contribution >= 0.6 is 24.0 Å². The van der Waals surface area contributed by atoms with E-state index in [2.05, 4.69) is 15.6 Å². The van der Waals surface area contributed by atoms with Gasteiger partial charge in [0.2, 0.25) is 5.91 Å². The number of amides is 1. The Morgan fingerprint density at radius 3 is 2.41 bits per heavy atom. The van der Waals surface area contributed by atoms with Crippen molar-refractivity contribution in [2.75, 3.05) is 18.5 Å². The summed E-state index contributed by atoms with van der Waals surface area (Å²) in [7, 11) is 1.70. The molecule has 2 N–H and O–H groups in total. The van der Waals surface area contributed by atoms with Gasteiger partial charge in [-0.15, -0.1) is 24.0 Å². The first kappa shape index (κ1) is 21.1. The molecule has 1 heterocycles. The first-order valence-electron chi connectivity index (χ1n) is 8.74. The SMILES string of the molecule is CN=C(NCc1ccc(N2CCCC2=O)cc1)NCc1cccc(F)c1.I. The van der Waals surface area contributed by atoms with E-state index >= 15 is 0 Å². The van der Waals surface area contributed by atoms with Crippen LogP contribution < -0.4 is 15.5 Å². The fourth-order valence-corrected chi connectivity index (χ4v) is 2.95. The standard InChI is InChI=1S/C20H23FN4O.HI/c1-22-20(24-14-16-4-2-5-17(21)12-16)23-13-15-7-9-18(10-8-15)25-11-3-6-19(25)26;/h2,4-5,7-10,12H,3,6,11,13-14H2,1H3,(H2,22,23,24);1H. The van der Waals surface area contributed by atoms with E-state index in [4.69, 9.17) is 0 Å². The van der Waals surface area contributed by atoms with E-state index in [0.717, 1.165) is 29.8 Å². The topological polar surface area (TPSA) is 56.7 Å². The van der Waals surface area contributed by atoms with Gasteiger partial charge in [0.25, 0.3) is 0 Å². The van der Waals surface area contributed by atoms with Crippen LogP contribution in [0, 0.1) is 5.82 Å². The molecule has 3 rings (SSSR count). The Balaban J connectivity index is 0.00000261. The number of benzene rings is 2. The third kappa shape index (κ3) is 5.92. The Bertz CT molecular complexity index is 795. The van der Waals surface area contributed by atoms with Crippen molar-refractivity contribution in [1.82, 2.24) is 10.6 Å². The zero-order valence-electron chi connectivity index (χ0n) is 15.2. The Morgan fingerprint density at radius 2 is 1.81 bits per heavy atom. The van der Waals surface area contributed by atoms with Crippen LogP contribution in [-0.2, 0) is 17.9 Å². The van der Waals surface area contributed by atoms with E-state index in [-0.39, 0.29) is 35.7 Å². The molecule has 0 aliphatic carbocycles. The Kier molecular flexibility index (Phi) is 8.02. The molecule has 2 aromatic rings. The van der Waals surface area contributed by atoms with E-state index in [9.17, 15) is 9.18 Å². The molecular weight excluding hydrogens is 458 g/mol. The molecule has 1 fully saturated rings. The van der Waals surface area contributed by atoms with Crippen molar-refractivity contribution >= 4 is 41.5 Å². The summed E-state index contributed by atoms with van der Waals surface area (Å²) < 4.78 is 13.2. The van der Waals surface area contributed by atoms with Crippen molar-refractivity contribution in [1.29, 1.82) is 0 Å². The summed E-state index contributed by atoms with van der Waals surface area (Å²) >= 11 is 0. The molecule has 7 heteroatoms. The Labute approximate surface area is 176 Å². The number of hydrogen-bond acceptors (Lipinski definition) is 2. The van der Waals surface area contributed by atoms with E-state index in [0.29, 0.717) is 25.5 Å². The van der Waals surface area contributed by atoms with Crippen LogP contribution in [0.1, 0.15) is 24.0 Å². The highest BCUT2D eigenvalue weighted by Gasteiger charge is 2.21. The molecule has 2 aromatic carbocycles. The average Bonchev–Trinajstić information content (AvgIpc) is 3.08. The minimum Gasteiger partial charge on any atom is -0.352 e. The van der Waals surface area contributed by atoms with Crippen LogP contribution in [0.25, 0.3) is 0 Å². The molecule has 1 amide bonds. The van der Waals surface area contributed by atoms with E-state index in [1.807, 2.05) is 35.2 Å². The molecule has 0 radical (unpaired) electrons. The summed E-state index contributed by atoms with van der Waals surface area (Å²) in [6, 6.07) is 14.4.